The van der Waals surface area contributed by atoms with Crippen LogP contribution in [0.15, 0.2) is 0 Å². The van der Waals surface area contributed by atoms with Gasteiger partial charge in [0.25, 0.3) is 0 Å². The predicted molar refractivity (Wildman–Crippen MR) is 68.0 cm³/mol. The molecule has 90 valence electrons. The Hall–Kier alpha value is -0.0400. The zero-order chi connectivity index (χ0) is 11.3. The molecule has 0 aromatic rings. The molecule has 1 rings (SSSR count). The third kappa shape index (κ3) is 3.79. The first kappa shape index (κ1) is 13.0. The molecular formula is C14H29N. The third-order valence-corrected chi connectivity index (χ3v) is 4.38. The Morgan fingerprint density at radius 2 is 1.67 bits per heavy atom. The molecule has 0 radical (unpaired) electrons. The zero-order valence-corrected chi connectivity index (χ0v) is 11.1. The van der Waals surface area contributed by atoms with Crippen molar-refractivity contribution in [3.8, 4) is 0 Å². The normalized spacial score (nSPS) is 30.2. The van der Waals surface area contributed by atoms with E-state index in [1.807, 2.05) is 0 Å². The molecule has 0 amide bonds. The van der Waals surface area contributed by atoms with Crippen molar-refractivity contribution >= 4 is 0 Å². The summed E-state index contributed by atoms with van der Waals surface area (Å²) >= 11 is 0. The molecule has 1 aliphatic rings. The minimum absolute atomic E-state index is 0.760. The Balaban J connectivity index is 2.44. The second kappa shape index (κ2) is 6.52. The van der Waals surface area contributed by atoms with E-state index in [2.05, 4.69) is 33.1 Å². The first-order chi connectivity index (χ1) is 7.19. The first-order valence-corrected chi connectivity index (χ1v) is 6.86. The van der Waals surface area contributed by atoms with Gasteiger partial charge in [-0.1, -0.05) is 33.6 Å². The van der Waals surface area contributed by atoms with Crippen molar-refractivity contribution in [3.63, 3.8) is 0 Å². The third-order valence-electron chi connectivity index (χ3n) is 4.38. The molecular weight excluding hydrogens is 182 g/mol. The molecule has 1 nitrogen and oxygen atoms in total. The predicted octanol–water partition coefficient (Wildman–Crippen LogP) is 3.84. The van der Waals surface area contributed by atoms with Crippen LogP contribution in [0.4, 0.5) is 0 Å². The van der Waals surface area contributed by atoms with Gasteiger partial charge < -0.3 is 5.32 Å². The molecule has 1 fully saturated rings. The lowest BCUT2D eigenvalue weighted by Crippen LogP contribution is -2.32. The lowest BCUT2D eigenvalue weighted by Gasteiger charge is -2.25. The Bertz CT molecular complexity index is 161. The summed E-state index contributed by atoms with van der Waals surface area (Å²) in [5, 5.41) is 3.49. The number of nitrogens with one attached hydrogen (secondary N) is 1. The van der Waals surface area contributed by atoms with Gasteiger partial charge in [0, 0.05) is 6.04 Å². The number of hydrogen-bond acceptors (Lipinski definition) is 1. The van der Waals surface area contributed by atoms with Crippen molar-refractivity contribution in [2.45, 2.75) is 65.3 Å². The van der Waals surface area contributed by atoms with Gasteiger partial charge in [0.15, 0.2) is 0 Å². The van der Waals surface area contributed by atoms with Gasteiger partial charge in [0.2, 0.25) is 0 Å². The van der Waals surface area contributed by atoms with Crippen LogP contribution >= 0.6 is 0 Å². The van der Waals surface area contributed by atoms with Crippen molar-refractivity contribution in [2.75, 3.05) is 7.05 Å². The highest BCUT2D eigenvalue weighted by molar-refractivity contribution is 4.79. The minimum atomic E-state index is 0.760. The molecule has 3 unspecified atom stereocenters. The van der Waals surface area contributed by atoms with Crippen LogP contribution in [0.2, 0.25) is 0 Å². The molecule has 0 aliphatic heterocycles. The molecule has 15 heavy (non-hydrogen) atoms. The smallest absolute Gasteiger partial charge is 0.00897 e. The van der Waals surface area contributed by atoms with E-state index >= 15 is 0 Å². The van der Waals surface area contributed by atoms with E-state index < -0.39 is 0 Å². The lowest BCUT2D eigenvalue weighted by atomic mass is 9.87. The molecule has 1 saturated carbocycles. The summed E-state index contributed by atoms with van der Waals surface area (Å²) in [6.45, 7) is 7.09. The van der Waals surface area contributed by atoms with Gasteiger partial charge in [-0.05, 0) is 50.5 Å². The summed E-state index contributed by atoms with van der Waals surface area (Å²) in [5.41, 5.74) is 0. The molecule has 0 heterocycles. The summed E-state index contributed by atoms with van der Waals surface area (Å²) in [7, 11) is 2.12. The summed E-state index contributed by atoms with van der Waals surface area (Å²) in [4.78, 5) is 0. The van der Waals surface area contributed by atoms with Crippen molar-refractivity contribution in [1.29, 1.82) is 0 Å². The Labute approximate surface area is 96.0 Å². The molecule has 3 atom stereocenters. The van der Waals surface area contributed by atoms with E-state index in [0.717, 1.165) is 23.8 Å². The van der Waals surface area contributed by atoms with E-state index in [-0.39, 0.29) is 0 Å². The van der Waals surface area contributed by atoms with Gasteiger partial charge in [0.05, 0.1) is 0 Å². The average Bonchev–Trinajstić information content (AvgIpc) is 2.45. The summed E-state index contributed by atoms with van der Waals surface area (Å²) in [6.07, 6.45) is 8.55. The average molecular weight is 211 g/mol. The SMILES string of the molecule is CCC(NC)C1CCCC(C(C)C)CC1. The van der Waals surface area contributed by atoms with Gasteiger partial charge in [-0.2, -0.15) is 0 Å². The monoisotopic (exact) mass is 211 g/mol. The van der Waals surface area contributed by atoms with Crippen molar-refractivity contribution in [1.82, 2.24) is 5.32 Å². The first-order valence-electron chi connectivity index (χ1n) is 6.86. The molecule has 1 aliphatic carbocycles. The van der Waals surface area contributed by atoms with Crippen molar-refractivity contribution < 1.29 is 0 Å². The van der Waals surface area contributed by atoms with Crippen LogP contribution in [0.25, 0.3) is 0 Å². The molecule has 1 N–H and O–H groups in total. The van der Waals surface area contributed by atoms with E-state index in [0.29, 0.717) is 0 Å². The highest BCUT2D eigenvalue weighted by Gasteiger charge is 2.24. The maximum absolute atomic E-state index is 3.49. The highest BCUT2D eigenvalue weighted by Crippen LogP contribution is 2.33. The second-order valence-corrected chi connectivity index (χ2v) is 5.58. The van der Waals surface area contributed by atoms with Gasteiger partial charge in [-0.15, -0.1) is 0 Å². The van der Waals surface area contributed by atoms with E-state index in [4.69, 9.17) is 0 Å². The van der Waals surface area contributed by atoms with Crippen molar-refractivity contribution in [3.05, 3.63) is 0 Å². The lowest BCUT2D eigenvalue weighted by molar-refractivity contribution is 0.305. The fourth-order valence-electron chi connectivity index (χ4n) is 3.20. The van der Waals surface area contributed by atoms with Gasteiger partial charge in [-0.25, -0.2) is 0 Å². The quantitative estimate of drug-likeness (QED) is 0.697. The van der Waals surface area contributed by atoms with Gasteiger partial charge in [-0.3, -0.25) is 0 Å². The zero-order valence-electron chi connectivity index (χ0n) is 11.1. The molecule has 0 aromatic carbocycles. The van der Waals surface area contributed by atoms with E-state index in [9.17, 15) is 0 Å². The van der Waals surface area contributed by atoms with Crippen LogP contribution in [-0.4, -0.2) is 13.1 Å². The van der Waals surface area contributed by atoms with Crippen LogP contribution in [0.5, 0.6) is 0 Å². The largest absolute Gasteiger partial charge is 0.317 e. The van der Waals surface area contributed by atoms with Crippen LogP contribution in [0.1, 0.15) is 59.3 Å². The van der Waals surface area contributed by atoms with Crippen LogP contribution in [0, 0.1) is 17.8 Å². The van der Waals surface area contributed by atoms with E-state index in [1.165, 1.54) is 38.5 Å². The number of hydrogen-bond donors (Lipinski definition) is 1. The molecule has 0 aromatic heterocycles. The topological polar surface area (TPSA) is 12.0 Å². The Morgan fingerprint density at radius 3 is 2.20 bits per heavy atom. The van der Waals surface area contributed by atoms with Crippen molar-refractivity contribution in [2.24, 2.45) is 17.8 Å². The van der Waals surface area contributed by atoms with Crippen LogP contribution in [-0.2, 0) is 0 Å². The molecule has 0 saturated heterocycles. The summed E-state index contributed by atoms with van der Waals surface area (Å²) < 4.78 is 0. The highest BCUT2D eigenvalue weighted by atomic mass is 14.9. The fraction of sp³-hybridized carbons (Fsp3) is 1.00. The second-order valence-electron chi connectivity index (χ2n) is 5.58. The molecule has 1 heteroatoms. The minimum Gasteiger partial charge on any atom is -0.317 e. The molecule has 0 spiro atoms. The number of rotatable bonds is 4. The fourth-order valence-corrected chi connectivity index (χ4v) is 3.20. The van der Waals surface area contributed by atoms with Gasteiger partial charge in [0.1, 0.15) is 0 Å². The molecule has 0 bridgehead atoms. The maximum atomic E-state index is 3.49. The summed E-state index contributed by atoms with van der Waals surface area (Å²) in [6, 6.07) is 0.760. The Kier molecular flexibility index (Phi) is 5.66. The van der Waals surface area contributed by atoms with Crippen LogP contribution in [0.3, 0.4) is 0 Å². The maximum Gasteiger partial charge on any atom is 0.00897 e. The van der Waals surface area contributed by atoms with E-state index in [1.54, 1.807) is 0 Å². The van der Waals surface area contributed by atoms with Crippen LogP contribution < -0.4 is 5.32 Å². The standard InChI is InChI=1S/C14H29N/c1-5-14(15-4)13-8-6-7-12(9-10-13)11(2)3/h11-15H,5-10H2,1-4H3. The summed E-state index contributed by atoms with van der Waals surface area (Å²) in [5.74, 6) is 2.81. The Morgan fingerprint density at radius 1 is 1.07 bits per heavy atom. The van der Waals surface area contributed by atoms with Gasteiger partial charge >= 0.3 is 0 Å².